The number of benzene rings is 1. The van der Waals surface area contributed by atoms with E-state index in [9.17, 15) is 15.0 Å². The van der Waals surface area contributed by atoms with Gasteiger partial charge in [0.15, 0.2) is 5.78 Å². The number of ketones is 1. The average molecular weight is 427 g/mol. The van der Waals surface area contributed by atoms with E-state index in [-0.39, 0.29) is 11.4 Å². The molecule has 0 radical (unpaired) electrons. The van der Waals surface area contributed by atoms with E-state index in [1.807, 2.05) is 26.0 Å². The van der Waals surface area contributed by atoms with Gasteiger partial charge in [-0.25, -0.2) is 0 Å². The summed E-state index contributed by atoms with van der Waals surface area (Å²) in [6, 6.07) is 3.57. The van der Waals surface area contributed by atoms with Crippen molar-refractivity contribution in [1.82, 2.24) is 0 Å². The zero-order chi connectivity index (χ0) is 23.2. The Hall–Kier alpha value is -2.33. The highest BCUT2D eigenvalue weighted by Crippen LogP contribution is 2.39. The van der Waals surface area contributed by atoms with Gasteiger partial charge >= 0.3 is 0 Å². The standard InChI is InChI=1S/C27H38O4/c1-19(9-7-11-20(2)24(29)13-15-26(4,5)30)10-8-14-27(6)16-12-22-18-23(28)17-21(3)25(22)31-27/h10-11,13,15,17-18,28,30H,7-9,12,14,16H2,1-6H3/b15-13+,19-10+,20-11+/t27-/m1/s1. The van der Waals surface area contributed by atoms with Gasteiger partial charge in [-0.15, -0.1) is 0 Å². The highest BCUT2D eigenvalue weighted by Gasteiger charge is 2.32. The van der Waals surface area contributed by atoms with Crippen LogP contribution in [0.3, 0.4) is 0 Å². The maximum absolute atomic E-state index is 12.1. The molecule has 170 valence electrons. The van der Waals surface area contributed by atoms with Gasteiger partial charge in [-0.1, -0.05) is 17.7 Å². The lowest BCUT2D eigenvalue weighted by atomic mass is 9.87. The summed E-state index contributed by atoms with van der Waals surface area (Å²) >= 11 is 0. The van der Waals surface area contributed by atoms with E-state index in [0.29, 0.717) is 11.3 Å². The maximum atomic E-state index is 12.1. The number of aryl methyl sites for hydroxylation is 2. The van der Waals surface area contributed by atoms with Crippen molar-refractivity contribution in [2.24, 2.45) is 0 Å². The predicted molar refractivity (Wildman–Crippen MR) is 127 cm³/mol. The Morgan fingerprint density at radius 3 is 2.61 bits per heavy atom. The molecule has 1 aliphatic heterocycles. The summed E-state index contributed by atoms with van der Waals surface area (Å²) in [5, 5.41) is 19.5. The third-order valence-corrected chi connectivity index (χ3v) is 5.79. The summed E-state index contributed by atoms with van der Waals surface area (Å²) in [5.74, 6) is 1.17. The second-order valence-electron chi connectivity index (χ2n) is 9.67. The largest absolute Gasteiger partial charge is 0.508 e. The minimum absolute atomic E-state index is 0.0602. The van der Waals surface area contributed by atoms with Crippen LogP contribution < -0.4 is 4.74 Å². The fourth-order valence-electron chi connectivity index (χ4n) is 3.78. The second kappa shape index (κ2) is 10.3. The van der Waals surface area contributed by atoms with E-state index in [2.05, 4.69) is 19.9 Å². The summed E-state index contributed by atoms with van der Waals surface area (Å²) in [6.07, 6.45) is 12.7. The van der Waals surface area contributed by atoms with Crippen LogP contribution in [0.1, 0.15) is 77.8 Å². The lowest BCUT2D eigenvalue weighted by Crippen LogP contribution is -2.36. The molecule has 0 aromatic heterocycles. The molecule has 0 amide bonds. The van der Waals surface area contributed by atoms with Crippen LogP contribution in [0.4, 0.5) is 0 Å². The minimum Gasteiger partial charge on any atom is -0.508 e. The van der Waals surface area contributed by atoms with Crippen LogP contribution in [0, 0.1) is 6.92 Å². The van der Waals surface area contributed by atoms with Gasteiger partial charge in [0.2, 0.25) is 0 Å². The quantitative estimate of drug-likeness (QED) is 0.368. The second-order valence-corrected chi connectivity index (χ2v) is 9.67. The number of hydrogen-bond acceptors (Lipinski definition) is 4. The Morgan fingerprint density at radius 1 is 1.23 bits per heavy atom. The number of aliphatic hydroxyl groups is 1. The van der Waals surface area contributed by atoms with Crippen molar-refractivity contribution in [2.45, 2.75) is 91.3 Å². The molecular weight excluding hydrogens is 388 g/mol. The molecule has 0 bridgehead atoms. The summed E-state index contributed by atoms with van der Waals surface area (Å²) in [7, 11) is 0. The molecule has 0 unspecified atom stereocenters. The van der Waals surface area contributed by atoms with Gasteiger partial charge in [-0.3, -0.25) is 4.79 Å². The first-order valence-corrected chi connectivity index (χ1v) is 11.2. The molecule has 0 saturated carbocycles. The summed E-state index contributed by atoms with van der Waals surface area (Å²) in [4.78, 5) is 12.1. The Morgan fingerprint density at radius 2 is 1.94 bits per heavy atom. The first-order valence-electron chi connectivity index (χ1n) is 11.2. The number of phenols is 1. The van der Waals surface area contributed by atoms with Crippen LogP contribution in [0.25, 0.3) is 0 Å². The van der Waals surface area contributed by atoms with Gasteiger partial charge in [0.1, 0.15) is 17.1 Å². The van der Waals surface area contributed by atoms with Gasteiger partial charge in [0.05, 0.1) is 5.60 Å². The Labute approximate surface area is 187 Å². The van der Waals surface area contributed by atoms with Crippen LogP contribution in [-0.4, -0.2) is 27.2 Å². The number of hydrogen-bond donors (Lipinski definition) is 2. The summed E-state index contributed by atoms with van der Waals surface area (Å²) < 4.78 is 6.36. The van der Waals surface area contributed by atoms with Crippen LogP contribution in [-0.2, 0) is 11.2 Å². The molecule has 0 spiro atoms. The molecular formula is C27H38O4. The molecule has 1 aromatic rings. The number of phenolic OH excluding ortho intramolecular Hbond substituents is 1. The molecule has 2 rings (SSSR count). The zero-order valence-corrected chi connectivity index (χ0v) is 19.9. The number of aromatic hydroxyl groups is 1. The molecule has 1 atom stereocenters. The normalized spacial score (nSPS) is 20.0. The fourth-order valence-corrected chi connectivity index (χ4v) is 3.78. The zero-order valence-electron chi connectivity index (χ0n) is 19.9. The van der Waals surface area contributed by atoms with Crippen LogP contribution in [0.15, 0.2) is 47.6 Å². The summed E-state index contributed by atoms with van der Waals surface area (Å²) in [6.45, 7) is 11.4. The molecule has 4 heteroatoms. The van der Waals surface area contributed by atoms with E-state index in [0.717, 1.165) is 55.4 Å². The van der Waals surface area contributed by atoms with Crippen molar-refractivity contribution in [2.75, 3.05) is 0 Å². The number of ether oxygens (including phenoxy) is 1. The van der Waals surface area contributed by atoms with Crippen LogP contribution >= 0.6 is 0 Å². The van der Waals surface area contributed by atoms with Crippen molar-refractivity contribution in [1.29, 1.82) is 0 Å². The number of carbonyl (C=O) groups is 1. The highest BCUT2D eigenvalue weighted by molar-refractivity contribution is 6.03. The van der Waals surface area contributed by atoms with Crippen molar-refractivity contribution in [3.8, 4) is 11.5 Å². The van der Waals surface area contributed by atoms with E-state index < -0.39 is 5.60 Å². The molecule has 1 aromatic carbocycles. The van der Waals surface area contributed by atoms with Gasteiger partial charge < -0.3 is 14.9 Å². The lowest BCUT2D eigenvalue weighted by molar-refractivity contribution is -0.111. The number of fused-ring (bicyclic) bond motifs is 1. The molecule has 31 heavy (non-hydrogen) atoms. The Bertz CT molecular complexity index is 883. The van der Waals surface area contributed by atoms with Crippen molar-refractivity contribution < 1.29 is 19.7 Å². The van der Waals surface area contributed by atoms with E-state index in [4.69, 9.17) is 4.74 Å². The SMILES string of the molecule is C/C(=C\CC[C@]1(C)CCc2cc(O)cc(C)c2O1)CC/C=C(\C)C(=O)/C=C/C(C)(C)O. The highest BCUT2D eigenvalue weighted by atomic mass is 16.5. The first kappa shape index (κ1) is 24.9. The predicted octanol–water partition coefficient (Wildman–Crippen LogP) is 6.13. The van der Waals surface area contributed by atoms with Crippen molar-refractivity contribution in [3.63, 3.8) is 0 Å². The molecule has 1 aliphatic rings. The molecule has 0 aliphatic carbocycles. The van der Waals surface area contributed by atoms with Gasteiger partial charge in [-0.05, 0) is 121 Å². The van der Waals surface area contributed by atoms with E-state index >= 15 is 0 Å². The van der Waals surface area contributed by atoms with Gasteiger partial charge in [0.25, 0.3) is 0 Å². The van der Waals surface area contributed by atoms with Crippen molar-refractivity contribution in [3.05, 3.63) is 58.7 Å². The third kappa shape index (κ3) is 8.02. The Kier molecular flexibility index (Phi) is 8.30. The number of carbonyl (C=O) groups excluding carboxylic acids is 1. The van der Waals surface area contributed by atoms with Crippen molar-refractivity contribution >= 4 is 5.78 Å². The molecule has 1 heterocycles. The average Bonchev–Trinajstić information content (AvgIpc) is 2.66. The van der Waals surface area contributed by atoms with Crippen LogP contribution in [0.2, 0.25) is 0 Å². The third-order valence-electron chi connectivity index (χ3n) is 5.79. The van der Waals surface area contributed by atoms with Crippen LogP contribution in [0.5, 0.6) is 11.5 Å². The maximum Gasteiger partial charge on any atom is 0.180 e. The number of rotatable bonds is 9. The van der Waals surface area contributed by atoms with Gasteiger partial charge in [0, 0.05) is 0 Å². The first-order chi connectivity index (χ1) is 14.4. The lowest BCUT2D eigenvalue weighted by Gasteiger charge is -2.36. The molecule has 2 N–H and O–H groups in total. The monoisotopic (exact) mass is 426 g/mol. The van der Waals surface area contributed by atoms with E-state index in [1.54, 1.807) is 19.9 Å². The van der Waals surface area contributed by atoms with E-state index in [1.165, 1.54) is 17.7 Å². The number of allylic oxidation sites excluding steroid dienone is 5. The molecule has 0 saturated heterocycles. The fraction of sp³-hybridized carbons (Fsp3) is 0.519. The minimum atomic E-state index is -0.976. The Balaban J connectivity index is 1.83. The smallest absolute Gasteiger partial charge is 0.180 e. The topological polar surface area (TPSA) is 66.8 Å². The molecule has 0 fully saturated rings. The van der Waals surface area contributed by atoms with Gasteiger partial charge in [-0.2, -0.15) is 0 Å². The molecule has 4 nitrogen and oxygen atoms in total. The summed E-state index contributed by atoms with van der Waals surface area (Å²) in [5.41, 5.74) is 2.93.